The van der Waals surface area contributed by atoms with Gasteiger partial charge in [-0.15, -0.1) is 0 Å². The lowest BCUT2D eigenvalue weighted by molar-refractivity contribution is 0.0954. The Balaban J connectivity index is 1.62. The standard InChI is InChI=1S/C18H21N5O4S/c1-10-11(2)22-16-9-14(5-6-15(16)21-10)18(24)19-7-8-20-28(25,26)17-12(3)23-27-13(17)4/h5-6,9,20H,7-8H2,1-4H3,(H,19,24). The van der Waals surface area contributed by atoms with E-state index in [1.807, 2.05) is 13.8 Å². The summed E-state index contributed by atoms with van der Waals surface area (Å²) in [7, 11) is -3.75. The van der Waals surface area contributed by atoms with Gasteiger partial charge in [0.15, 0.2) is 5.76 Å². The highest BCUT2D eigenvalue weighted by atomic mass is 32.2. The highest BCUT2D eigenvalue weighted by Crippen LogP contribution is 2.18. The van der Waals surface area contributed by atoms with E-state index >= 15 is 0 Å². The van der Waals surface area contributed by atoms with Gasteiger partial charge in [-0.3, -0.25) is 4.79 Å². The van der Waals surface area contributed by atoms with Crippen LogP contribution in [0.2, 0.25) is 0 Å². The normalized spacial score (nSPS) is 11.7. The Hall–Kier alpha value is -2.85. The molecule has 28 heavy (non-hydrogen) atoms. The van der Waals surface area contributed by atoms with Crippen LogP contribution in [-0.4, -0.2) is 42.5 Å². The maximum atomic E-state index is 12.3. The van der Waals surface area contributed by atoms with E-state index < -0.39 is 10.0 Å². The van der Waals surface area contributed by atoms with Crippen molar-refractivity contribution in [1.82, 2.24) is 25.2 Å². The first-order valence-corrected chi connectivity index (χ1v) is 10.1. The van der Waals surface area contributed by atoms with Crippen molar-refractivity contribution in [3.8, 4) is 0 Å². The summed E-state index contributed by atoms with van der Waals surface area (Å²) in [5.41, 5.74) is 3.71. The number of sulfonamides is 1. The Kier molecular flexibility index (Phi) is 5.43. The number of aryl methyl sites for hydroxylation is 4. The van der Waals surface area contributed by atoms with Gasteiger partial charge in [-0.2, -0.15) is 0 Å². The van der Waals surface area contributed by atoms with Gasteiger partial charge in [0, 0.05) is 18.7 Å². The van der Waals surface area contributed by atoms with Crippen molar-refractivity contribution in [2.75, 3.05) is 13.1 Å². The molecular weight excluding hydrogens is 382 g/mol. The summed E-state index contributed by atoms with van der Waals surface area (Å²) < 4.78 is 31.9. The molecule has 0 spiro atoms. The van der Waals surface area contributed by atoms with Crippen LogP contribution < -0.4 is 10.0 Å². The fraction of sp³-hybridized carbons (Fsp3) is 0.333. The van der Waals surface area contributed by atoms with Crippen molar-refractivity contribution in [3.63, 3.8) is 0 Å². The van der Waals surface area contributed by atoms with Crippen LogP contribution in [0.25, 0.3) is 11.0 Å². The Morgan fingerprint density at radius 1 is 1.00 bits per heavy atom. The van der Waals surface area contributed by atoms with Crippen LogP contribution in [-0.2, 0) is 10.0 Å². The zero-order chi connectivity index (χ0) is 20.5. The van der Waals surface area contributed by atoms with Crippen LogP contribution >= 0.6 is 0 Å². The summed E-state index contributed by atoms with van der Waals surface area (Å²) in [5.74, 6) is -0.102. The van der Waals surface area contributed by atoms with Crippen LogP contribution in [0.4, 0.5) is 0 Å². The summed E-state index contributed by atoms with van der Waals surface area (Å²) in [6.07, 6.45) is 0. The fourth-order valence-corrected chi connectivity index (χ4v) is 4.12. The molecule has 1 amide bonds. The van der Waals surface area contributed by atoms with E-state index in [1.54, 1.807) is 25.1 Å². The van der Waals surface area contributed by atoms with Gasteiger partial charge >= 0.3 is 0 Å². The molecule has 10 heteroatoms. The number of carbonyl (C=O) groups is 1. The molecule has 0 bridgehead atoms. The van der Waals surface area contributed by atoms with Gasteiger partial charge in [0.25, 0.3) is 5.91 Å². The Bertz CT molecular complexity index is 1130. The third-order valence-corrected chi connectivity index (χ3v) is 5.98. The summed E-state index contributed by atoms with van der Waals surface area (Å²) in [6.45, 7) is 6.98. The Labute approximate surface area is 162 Å². The monoisotopic (exact) mass is 403 g/mol. The van der Waals surface area contributed by atoms with Gasteiger partial charge in [0.2, 0.25) is 10.0 Å². The molecule has 1 aromatic carbocycles. The first-order chi connectivity index (χ1) is 13.2. The number of nitrogens with one attached hydrogen (secondary N) is 2. The molecule has 2 aromatic heterocycles. The minimum absolute atomic E-state index is 0.0255. The highest BCUT2D eigenvalue weighted by Gasteiger charge is 2.23. The third kappa shape index (κ3) is 4.02. The maximum Gasteiger partial charge on any atom is 0.251 e. The first-order valence-electron chi connectivity index (χ1n) is 8.65. The Morgan fingerprint density at radius 2 is 1.68 bits per heavy atom. The molecule has 0 fully saturated rings. The number of nitrogens with zero attached hydrogens (tertiary/aromatic N) is 3. The molecule has 2 N–H and O–H groups in total. The smallest absolute Gasteiger partial charge is 0.251 e. The molecule has 0 aliphatic heterocycles. The lowest BCUT2D eigenvalue weighted by Gasteiger charge is -2.08. The van der Waals surface area contributed by atoms with Gasteiger partial charge in [-0.05, 0) is 45.9 Å². The number of amides is 1. The van der Waals surface area contributed by atoms with Crippen LogP contribution in [0, 0.1) is 27.7 Å². The molecule has 9 nitrogen and oxygen atoms in total. The molecule has 148 valence electrons. The molecule has 0 aliphatic rings. The molecule has 0 saturated carbocycles. The second kappa shape index (κ2) is 7.64. The van der Waals surface area contributed by atoms with Crippen LogP contribution in [0.1, 0.15) is 33.2 Å². The predicted octanol–water partition coefficient (Wildman–Crippen LogP) is 1.56. The summed E-state index contributed by atoms with van der Waals surface area (Å²) >= 11 is 0. The van der Waals surface area contributed by atoms with Crippen molar-refractivity contribution >= 4 is 27.0 Å². The summed E-state index contributed by atoms with van der Waals surface area (Å²) in [5, 5.41) is 6.32. The minimum Gasteiger partial charge on any atom is -0.360 e. The van der Waals surface area contributed by atoms with Crippen molar-refractivity contribution in [2.24, 2.45) is 0 Å². The summed E-state index contributed by atoms with van der Waals surface area (Å²) in [4.78, 5) is 21.2. The summed E-state index contributed by atoms with van der Waals surface area (Å²) in [6, 6.07) is 5.07. The van der Waals surface area contributed by atoms with E-state index in [2.05, 4.69) is 25.2 Å². The number of hydrogen-bond acceptors (Lipinski definition) is 7. The second-order valence-corrected chi connectivity index (χ2v) is 8.11. The molecule has 3 rings (SSSR count). The van der Waals surface area contributed by atoms with E-state index in [0.717, 1.165) is 11.4 Å². The van der Waals surface area contributed by atoms with Crippen molar-refractivity contribution in [1.29, 1.82) is 0 Å². The Morgan fingerprint density at radius 3 is 2.32 bits per heavy atom. The molecule has 3 aromatic rings. The average molecular weight is 403 g/mol. The molecule has 0 saturated heterocycles. The lowest BCUT2D eigenvalue weighted by atomic mass is 10.1. The van der Waals surface area contributed by atoms with Crippen LogP contribution in [0.15, 0.2) is 27.6 Å². The minimum atomic E-state index is -3.75. The highest BCUT2D eigenvalue weighted by molar-refractivity contribution is 7.89. The number of carbonyl (C=O) groups excluding carboxylic acids is 1. The molecular formula is C18H21N5O4S. The zero-order valence-corrected chi connectivity index (χ0v) is 16.8. The second-order valence-electron chi connectivity index (χ2n) is 6.40. The third-order valence-electron chi connectivity index (χ3n) is 4.28. The largest absolute Gasteiger partial charge is 0.360 e. The number of hydrogen-bond donors (Lipinski definition) is 2. The number of rotatable bonds is 6. The van der Waals surface area contributed by atoms with Gasteiger partial charge in [0.05, 0.1) is 22.4 Å². The van der Waals surface area contributed by atoms with E-state index in [1.165, 1.54) is 6.92 Å². The van der Waals surface area contributed by atoms with Crippen molar-refractivity contribution in [3.05, 3.63) is 46.6 Å². The van der Waals surface area contributed by atoms with Gasteiger partial charge in [-0.1, -0.05) is 5.16 Å². The van der Waals surface area contributed by atoms with Crippen molar-refractivity contribution in [2.45, 2.75) is 32.6 Å². The molecule has 0 atom stereocenters. The van der Waals surface area contributed by atoms with E-state index in [9.17, 15) is 13.2 Å². The molecule has 0 unspecified atom stereocenters. The quantitative estimate of drug-likeness (QED) is 0.598. The van der Waals surface area contributed by atoms with E-state index in [-0.39, 0.29) is 35.3 Å². The topological polar surface area (TPSA) is 127 Å². The maximum absolute atomic E-state index is 12.3. The average Bonchev–Trinajstić information content (AvgIpc) is 2.98. The molecule has 2 heterocycles. The number of benzene rings is 1. The van der Waals surface area contributed by atoms with Crippen LogP contribution in [0.5, 0.6) is 0 Å². The van der Waals surface area contributed by atoms with Gasteiger partial charge < -0.3 is 9.84 Å². The van der Waals surface area contributed by atoms with Crippen LogP contribution in [0.3, 0.4) is 0 Å². The van der Waals surface area contributed by atoms with Crippen molar-refractivity contribution < 1.29 is 17.7 Å². The fourth-order valence-electron chi connectivity index (χ4n) is 2.77. The molecule has 0 aliphatic carbocycles. The first kappa shape index (κ1) is 19.9. The van der Waals surface area contributed by atoms with Gasteiger partial charge in [0.1, 0.15) is 10.6 Å². The number of aromatic nitrogens is 3. The lowest BCUT2D eigenvalue weighted by Crippen LogP contribution is -2.35. The number of fused-ring (bicyclic) bond motifs is 1. The predicted molar refractivity (Wildman–Crippen MR) is 103 cm³/mol. The van der Waals surface area contributed by atoms with E-state index in [4.69, 9.17) is 4.52 Å². The van der Waals surface area contributed by atoms with Gasteiger partial charge in [-0.25, -0.2) is 23.1 Å². The SMILES string of the molecule is Cc1nc2ccc(C(=O)NCCNS(=O)(=O)c3c(C)noc3C)cc2nc1C. The molecule has 0 radical (unpaired) electrons. The zero-order valence-electron chi connectivity index (χ0n) is 16.0. The van der Waals surface area contributed by atoms with E-state index in [0.29, 0.717) is 16.6 Å².